The van der Waals surface area contributed by atoms with Gasteiger partial charge in [-0.2, -0.15) is 0 Å². The van der Waals surface area contributed by atoms with Crippen LogP contribution >= 0.6 is 15.9 Å². The highest BCUT2D eigenvalue weighted by molar-refractivity contribution is 9.10. The number of amides is 1. The number of carbonyl (C=O) groups is 1. The van der Waals surface area contributed by atoms with Gasteiger partial charge in [0.25, 0.3) is 0 Å². The Hall–Kier alpha value is -1.81. The summed E-state index contributed by atoms with van der Waals surface area (Å²) in [6, 6.07) is 11.2. The van der Waals surface area contributed by atoms with Gasteiger partial charge in [0.15, 0.2) is 0 Å². The van der Waals surface area contributed by atoms with E-state index in [-0.39, 0.29) is 17.6 Å². The van der Waals surface area contributed by atoms with Gasteiger partial charge in [-0.25, -0.2) is 0 Å². The Morgan fingerprint density at radius 3 is 2.71 bits per heavy atom. The van der Waals surface area contributed by atoms with Crippen molar-refractivity contribution in [3.63, 3.8) is 0 Å². The van der Waals surface area contributed by atoms with Gasteiger partial charge < -0.3 is 10.4 Å². The fourth-order valence-corrected chi connectivity index (χ4v) is 3.20. The molecule has 0 radical (unpaired) electrons. The van der Waals surface area contributed by atoms with Crippen LogP contribution in [0.15, 0.2) is 40.9 Å². The molecule has 0 saturated heterocycles. The number of rotatable bonds is 2. The van der Waals surface area contributed by atoms with Crippen LogP contribution in [-0.2, 0) is 17.6 Å². The molecule has 3 rings (SSSR count). The normalized spacial score (nSPS) is 16.6. The molecule has 0 saturated carbocycles. The predicted molar refractivity (Wildman–Crippen MR) is 86.5 cm³/mol. The molecule has 108 valence electrons. The van der Waals surface area contributed by atoms with Gasteiger partial charge in [-0.1, -0.05) is 22.0 Å². The van der Waals surface area contributed by atoms with Crippen molar-refractivity contribution >= 4 is 27.5 Å². The molecule has 1 unspecified atom stereocenters. The lowest BCUT2D eigenvalue weighted by Crippen LogP contribution is -2.23. The van der Waals surface area contributed by atoms with Gasteiger partial charge in [0, 0.05) is 16.1 Å². The average Bonchev–Trinajstić information content (AvgIpc) is 2.85. The van der Waals surface area contributed by atoms with E-state index in [0.29, 0.717) is 0 Å². The maximum atomic E-state index is 12.4. The summed E-state index contributed by atoms with van der Waals surface area (Å²) >= 11 is 3.47. The summed E-state index contributed by atoms with van der Waals surface area (Å²) in [5.74, 6) is 0.224. The zero-order chi connectivity index (χ0) is 15.0. The third-order valence-corrected chi connectivity index (χ3v) is 4.43. The Kier molecular flexibility index (Phi) is 3.72. The van der Waals surface area contributed by atoms with Crippen molar-refractivity contribution in [1.29, 1.82) is 0 Å². The fourth-order valence-electron chi connectivity index (χ4n) is 2.80. The van der Waals surface area contributed by atoms with E-state index in [1.165, 1.54) is 11.1 Å². The van der Waals surface area contributed by atoms with Crippen molar-refractivity contribution in [2.45, 2.75) is 19.8 Å². The Morgan fingerprint density at radius 2 is 1.95 bits per heavy atom. The minimum absolute atomic E-state index is 0.0255. The van der Waals surface area contributed by atoms with Crippen LogP contribution in [0.5, 0.6) is 5.75 Å². The SMILES string of the molecule is Cc1cc(O)ccc1NC(=O)C1Cc2ccc(Br)cc2C1. The van der Waals surface area contributed by atoms with E-state index in [0.717, 1.165) is 28.6 Å². The summed E-state index contributed by atoms with van der Waals surface area (Å²) in [6.07, 6.45) is 1.56. The maximum Gasteiger partial charge on any atom is 0.228 e. The molecular formula is C17H16BrNO2. The quantitative estimate of drug-likeness (QED) is 0.813. The number of hydrogen-bond donors (Lipinski definition) is 2. The summed E-state index contributed by atoms with van der Waals surface area (Å²) in [4.78, 5) is 12.4. The van der Waals surface area contributed by atoms with E-state index in [1.54, 1.807) is 18.2 Å². The van der Waals surface area contributed by atoms with Crippen LogP contribution in [0.2, 0.25) is 0 Å². The number of phenolic OH excluding ortho intramolecular Hbond substituents is 1. The standard InChI is InChI=1S/C17H16BrNO2/c1-10-6-15(20)4-5-16(10)19-17(21)13-7-11-2-3-14(18)9-12(11)8-13/h2-6,9,13,20H,7-8H2,1H3,(H,19,21). The smallest absolute Gasteiger partial charge is 0.228 e. The van der Waals surface area contributed by atoms with Crippen LogP contribution in [0.1, 0.15) is 16.7 Å². The highest BCUT2D eigenvalue weighted by Crippen LogP contribution is 2.30. The van der Waals surface area contributed by atoms with E-state index in [2.05, 4.69) is 33.4 Å². The molecule has 0 bridgehead atoms. The van der Waals surface area contributed by atoms with Crippen molar-refractivity contribution in [3.8, 4) is 5.75 Å². The number of fused-ring (bicyclic) bond motifs is 1. The molecule has 4 heteroatoms. The summed E-state index contributed by atoms with van der Waals surface area (Å²) < 4.78 is 1.05. The monoisotopic (exact) mass is 345 g/mol. The van der Waals surface area contributed by atoms with Crippen molar-refractivity contribution in [3.05, 3.63) is 57.6 Å². The number of halogens is 1. The maximum absolute atomic E-state index is 12.4. The number of anilines is 1. The van der Waals surface area contributed by atoms with Crippen molar-refractivity contribution in [2.24, 2.45) is 5.92 Å². The molecule has 2 aromatic rings. The first-order valence-electron chi connectivity index (χ1n) is 6.91. The van der Waals surface area contributed by atoms with Crippen LogP contribution in [0, 0.1) is 12.8 Å². The van der Waals surface area contributed by atoms with Crippen LogP contribution in [-0.4, -0.2) is 11.0 Å². The van der Waals surface area contributed by atoms with E-state index < -0.39 is 0 Å². The second kappa shape index (κ2) is 5.53. The van der Waals surface area contributed by atoms with E-state index in [1.807, 2.05) is 13.0 Å². The van der Waals surface area contributed by atoms with Crippen LogP contribution in [0.25, 0.3) is 0 Å². The molecule has 2 aromatic carbocycles. The lowest BCUT2D eigenvalue weighted by molar-refractivity contribution is -0.119. The number of hydrogen-bond acceptors (Lipinski definition) is 2. The number of phenols is 1. The largest absolute Gasteiger partial charge is 0.508 e. The van der Waals surface area contributed by atoms with Gasteiger partial charge >= 0.3 is 0 Å². The summed E-state index contributed by atoms with van der Waals surface area (Å²) in [5, 5.41) is 12.4. The highest BCUT2D eigenvalue weighted by atomic mass is 79.9. The Labute approximate surface area is 132 Å². The third-order valence-electron chi connectivity index (χ3n) is 3.94. The molecule has 0 spiro atoms. The van der Waals surface area contributed by atoms with E-state index in [4.69, 9.17) is 0 Å². The zero-order valence-corrected chi connectivity index (χ0v) is 13.3. The van der Waals surface area contributed by atoms with Gasteiger partial charge in [-0.3, -0.25) is 4.79 Å². The van der Waals surface area contributed by atoms with Crippen molar-refractivity contribution in [1.82, 2.24) is 0 Å². The molecule has 1 aliphatic carbocycles. The average molecular weight is 346 g/mol. The van der Waals surface area contributed by atoms with Crippen LogP contribution in [0.4, 0.5) is 5.69 Å². The topological polar surface area (TPSA) is 49.3 Å². The molecule has 0 fully saturated rings. The van der Waals surface area contributed by atoms with Gasteiger partial charge in [0.2, 0.25) is 5.91 Å². The Balaban J connectivity index is 1.73. The highest BCUT2D eigenvalue weighted by Gasteiger charge is 2.27. The molecule has 3 nitrogen and oxygen atoms in total. The van der Waals surface area contributed by atoms with Crippen LogP contribution in [0.3, 0.4) is 0 Å². The van der Waals surface area contributed by atoms with E-state index in [9.17, 15) is 9.90 Å². The predicted octanol–water partition coefficient (Wildman–Crippen LogP) is 3.82. The summed E-state index contributed by atoms with van der Waals surface area (Å²) in [7, 11) is 0. The van der Waals surface area contributed by atoms with E-state index >= 15 is 0 Å². The lowest BCUT2D eigenvalue weighted by atomic mass is 10.1. The number of benzene rings is 2. The van der Waals surface area contributed by atoms with Gasteiger partial charge in [-0.15, -0.1) is 0 Å². The summed E-state index contributed by atoms with van der Waals surface area (Å²) in [5.41, 5.74) is 4.12. The van der Waals surface area contributed by atoms with Crippen LogP contribution < -0.4 is 5.32 Å². The number of aromatic hydroxyl groups is 1. The minimum Gasteiger partial charge on any atom is -0.508 e. The van der Waals surface area contributed by atoms with Crippen molar-refractivity contribution in [2.75, 3.05) is 5.32 Å². The van der Waals surface area contributed by atoms with Crippen molar-refractivity contribution < 1.29 is 9.90 Å². The Morgan fingerprint density at radius 1 is 1.19 bits per heavy atom. The molecule has 21 heavy (non-hydrogen) atoms. The molecule has 1 amide bonds. The fraction of sp³-hybridized carbons (Fsp3) is 0.235. The summed E-state index contributed by atoms with van der Waals surface area (Å²) in [6.45, 7) is 1.87. The molecule has 1 aliphatic rings. The molecular weight excluding hydrogens is 330 g/mol. The number of carbonyl (C=O) groups excluding carboxylic acids is 1. The lowest BCUT2D eigenvalue weighted by Gasteiger charge is -2.12. The minimum atomic E-state index is -0.0255. The molecule has 2 N–H and O–H groups in total. The second-order valence-corrected chi connectivity index (χ2v) is 6.42. The van der Waals surface area contributed by atoms with Gasteiger partial charge in [0.05, 0.1) is 0 Å². The van der Waals surface area contributed by atoms with Gasteiger partial charge in [0.1, 0.15) is 5.75 Å². The number of aryl methyl sites for hydroxylation is 1. The first-order valence-corrected chi connectivity index (χ1v) is 7.70. The first kappa shape index (κ1) is 14.1. The molecule has 1 atom stereocenters. The van der Waals surface area contributed by atoms with Gasteiger partial charge in [-0.05, 0) is 66.8 Å². The Bertz CT molecular complexity index is 712. The zero-order valence-electron chi connectivity index (χ0n) is 11.7. The first-order chi connectivity index (χ1) is 10.0. The molecule has 0 aromatic heterocycles. The number of nitrogens with one attached hydrogen (secondary N) is 1. The second-order valence-electron chi connectivity index (χ2n) is 5.51. The third kappa shape index (κ3) is 2.95. The molecule has 0 heterocycles. The molecule has 0 aliphatic heterocycles.